The summed E-state index contributed by atoms with van der Waals surface area (Å²) < 4.78 is 0. The van der Waals surface area contributed by atoms with Crippen LogP contribution in [0.2, 0.25) is 10.0 Å². The molecule has 7 heteroatoms. The molecule has 0 spiro atoms. The van der Waals surface area contributed by atoms with Gasteiger partial charge in [0.05, 0.1) is 10.0 Å². The van der Waals surface area contributed by atoms with Crippen LogP contribution in [0.15, 0.2) is 54.6 Å². The first kappa shape index (κ1) is 26.4. The predicted molar refractivity (Wildman–Crippen MR) is 145 cm³/mol. The van der Waals surface area contributed by atoms with Crippen molar-refractivity contribution in [2.75, 3.05) is 58.9 Å². The number of likely N-dealkylation sites (tertiary alicyclic amines) is 2. The Morgan fingerprint density at radius 2 is 1.54 bits per heavy atom. The number of nitrogens with one attached hydrogen (secondary N) is 1. The number of nitrogens with zero attached hydrogens (tertiary/aromatic N) is 3. The van der Waals surface area contributed by atoms with E-state index < -0.39 is 0 Å². The maximum atomic E-state index is 12.7. The van der Waals surface area contributed by atoms with Crippen molar-refractivity contribution in [3.05, 3.63) is 70.2 Å². The van der Waals surface area contributed by atoms with Crippen LogP contribution < -0.4 is 5.32 Å². The third-order valence-corrected chi connectivity index (χ3v) is 8.10. The van der Waals surface area contributed by atoms with Gasteiger partial charge in [-0.25, -0.2) is 0 Å². The van der Waals surface area contributed by atoms with Crippen LogP contribution in [0, 0.1) is 5.92 Å². The summed E-state index contributed by atoms with van der Waals surface area (Å²) in [6.45, 7) is 10.3. The Morgan fingerprint density at radius 3 is 2.20 bits per heavy atom. The van der Waals surface area contributed by atoms with E-state index in [9.17, 15) is 4.79 Å². The minimum Gasteiger partial charge on any atom is -0.338 e. The normalized spacial score (nSPS) is 21.7. The molecule has 3 aliphatic rings. The molecule has 0 aromatic heterocycles. The zero-order chi connectivity index (χ0) is 24.5. The van der Waals surface area contributed by atoms with Crippen molar-refractivity contribution in [2.24, 2.45) is 5.92 Å². The maximum absolute atomic E-state index is 12.7. The van der Waals surface area contributed by atoms with E-state index in [0.717, 1.165) is 44.2 Å². The Balaban J connectivity index is 0.000000308. The van der Waals surface area contributed by atoms with Gasteiger partial charge in [0.1, 0.15) is 0 Å². The lowest BCUT2D eigenvalue weighted by Crippen LogP contribution is -2.62. The van der Waals surface area contributed by atoms with E-state index in [-0.39, 0.29) is 5.91 Å². The lowest BCUT2D eigenvalue weighted by molar-refractivity contribution is 0.0250. The average molecular weight is 518 g/mol. The molecule has 0 radical (unpaired) electrons. The molecule has 2 aromatic rings. The van der Waals surface area contributed by atoms with Crippen LogP contribution in [-0.4, -0.2) is 85.6 Å². The van der Waals surface area contributed by atoms with E-state index in [4.69, 9.17) is 23.2 Å². The summed E-state index contributed by atoms with van der Waals surface area (Å²) in [6.07, 6.45) is 4.96. The van der Waals surface area contributed by atoms with E-state index in [1.807, 2.05) is 42.5 Å². The van der Waals surface area contributed by atoms with Crippen LogP contribution in [0.25, 0.3) is 0 Å². The van der Waals surface area contributed by atoms with Crippen LogP contribution in [0.1, 0.15) is 36.0 Å². The molecule has 3 heterocycles. The molecule has 0 bridgehead atoms. The third kappa shape index (κ3) is 7.93. The molecule has 0 saturated carbocycles. The fourth-order valence-corrected chi connectivity index (χ4v) is 5.57. The van der Waals surface area contributed by atoms with Gasteiger partial charge in [0, 0.05) is 64.0 Å². The summed E-state index contributed by atoms with van der Waals surface area (Å²) in [6, 6.07) is 17.7. The van der Waals surface area contributed by atoms with Crippen molar-refractivity contribution in [1.29, 1.82) is 0 Å². The number of halogens is 2. The Labute approximate surface area is 220 Å². The van der Waals surface area contributed by atoms with Crippen molar-refractivity contribution in [3.63, 3.8) is 0 Å². The highest BCUT2D eigenvalue weighted by molar-refractivity contribution is 6.41. The first-order valence-corrected chi connectivity index (χ1v) is 13.8. The van der Waals surface area contributed by atoms with Crippen molar-refractivity contribution in [1.82, 2.24) is 20.0 Å². The first-order valence-electron chi connectivity index (χ1n) is 13.0. The number of carbonyl (C=O) groups excluding carboxylic acids is 1. The van der Waals surface area contributed by atoms with E-state index in [1.54, 1.807) is 12.1 Å². The number of amides is 1. The average Bonchev–Trinajstić information content (AvgIpc) is 2.88. The van der Waals surface area contributed by atoms with Gasteiger partial charge in [0.15, 0.2) is 0 Å². The van der Waals surface area contributed by atoms with Crippen LogP contribution in [0.5, 0.6) is 0 Å². The maximum Gasteiger partial charge on any atom is 0.253 e. The molecule has 0 aliphatic carbocycles. The molecule has 2 aromatic carbocycles. The van der Waals surface area contributed by atoms with E-state index >= 15 is 0 Å². The van der Waals surface area contributed by atoms with Crippen LogP contribution >= 0.6 is 23.2 Å². The number of piperazine rings is 1. The van der Waals surface area contributed by atoms with Gasteiger partial charge in [-0.2, -0.15) is 0 Å². The zero-order valence-electron chi connectivity index (χ0n) is 20.5. The molecule has 3 aliphatic heterocycles. The molecule has 1 atom stereocenters. The van der Waals surface area contributed by atoms with Crippen LogP contribution in [-0.2, 0) is 0 Å². The fourth-order valence-electron chi connectivity index (χ4n) is 5.29. The van der Waals surface area contributed by atoms with Gasteiger partial charge in [-0.05, 0) is 62.4 Å². The lowest BCUT2D eigenvalue weighted by Gasteiger charge is -2.47. The van der Waals surface area contributed by atoms with E-state index in [1.165, 1.54) is 52.0 Å². The Bertz CT molecular complexity index is 895. The molecule has 3 saturated heterocycles. The predicted octanol–water partition coefficient (Wildman–Crippen LogP) is 4.90. The number of hydrogen-bond acceptors (Lipinski definition) is 4. The van der Waals surface area contributed by atoms with E-state index in [2.05, 4.69) is 20.0 Å². The zero-order valence-corrected chi connectivity index (χ0v) is 22.1. The van der Waals surface area contributed by atoms with Crippen molar-refractivity contribution >= 4 is 29.1 Å². The summed E-state index contributed by atoms with van der Waals surface area (Å²) >= 11 is 11.2. The molecule has 35 heavy (non-hydrogen) atoms. The molecule has 3 fully saturated rings. The summed E-state index contributed by atoms with van der Waals surface area (Å²) in [4.78, 5) is 20.0. The summed E-state index contributed by atoms with van der Waals surface area (Å²) in [7, 11) is 0. The van der Waals surface area contributed by atoms with Crippen molar-refractivity contribution in [2.45, 2.75) is 31.7 Å². The number of carbonyl (C=O) groups is 1. The standard InChI is InChI=1S/C22H34N4O.C6H4Cl2/c27-22(20-8-2-1-3-9-20)26-13-5-7-19(16-26)6-4-12-24-17-21(18-24)25-14-10-23-11-15-25;7-5-3-1-2-4-6(5)8/h1-3,8-9,19,21,23H,4-7,10-18H2;1-4H. The monoisotopic (exact) mass is 516 g/mol. The van der Waals surface area contributed by atoms with Crippen LogP contribution in [0.4, 0.5) is 0 Å². The highest BCUT2D eigenvalue weighted by Crippen LogP contribution is 2.24. The van der Waals surface area contributed by atoms with Crippen molar-refractivity contribution < 1.29 is 4.79 Å². The molecular formula is C28H38Cl2N4O. The molecule has 190 valence electrons. The lowest BCUT2D eigenvalue weighted by atomic mass is 9.92. The largest absolute Gasteiger partial charge is 0.338 e. The van der Waals surface area contributed by atoms with Gasteiger partial charge in [-0.1, -0.05) is 53.5 Å². The van der Waals surface area contributed by atoms with Crippen LogP contribution in [0.3, 0.4) is 0 Å². The summed E-state index contributed by atoms with van der Waals surface area (Å²) in [5.74, 6) is 0.888. The highest BCUT2D eigenvalue weighted by Gasteiger charge is 2.32. The highest BCUT2D eigenvalue weighted by atomic mass is 35.5. The Morgan fingerprint density at radius 1 is 0.886 bits per heavy atom. The second-order valence-electron chi connectivity index (χ2n) is 9.88. The van der Waals surface area contributed by atoms with Gasteiger partial charge >= 0.3 is 0 Å². The first-order chi connectivity index (χ1) is 17.1. The number of rotatable bonds is 6. The Hall–Kier alpha value is -1.63. The minimum absolute atomic E-state index is 0.210. The summed E-state index contributed by atoms with van der Waals surface area (Å²) in [5, 5.41) is 4.65. The number of piperidine rings is 1. The molecule has 1 amide bonds. The minimum atomic E-state index is 0.210. The fraction of sp³-hybridized carbons (Fsp3) is 0.536. The molecule has 5 nitrogen and oxygen atoms in total. The topological polar surface area (TPSA) is 38.8 Å². The second kappa shape index (κ2) is 13.6. The van der Waals surface area contributed by atoms with Gasteiger partial charge < -0.3 is 15.1 Å². The summed E-state index contributed by atoms with van der Waals surface area (Å²) in [5.41, 5.74) is 0.831. The molecule has 1 N–H and O–H groups in total. The molecule has 5 rings (SSSR count). The number of benzene rings is 2. The quantitative estimate of drug-likeness (QED) is 0.592. The number of hydrogen-bond donors (Lipinski definition) is 1. The van der Waals surface area contributed by atoms with Gasteiger partial charge in [0.25, 0.3) is 5.91 Å². The van der Waals surface area contributed by atoms with Gasteiger partial charge in [-0.3, -0.25) is 9.69 Å². The molecule has 1 unspecified atom stereocenters. The SMILES string of the molecule is Clc1ccccc1Cl.O=C(c1ccccc1)N1CCCC(CCCN2CC(N3CCNCC3)C2)C1. The molecular weight excluding hydrogens is 479 g/mol. The van der Waals surface area contributed by atoms with Gasteiger partial charge in [0.2, 0.25) is 0 Å². The van der Waals surface area contributed by atoms with E-state index in [0.29, 0.717) is 16.0 Å². The third-order valence-electron chi connectivity index (χ3n) is 7.34. The smallest absolute Gasteiger partial charge is 0.253 e. The van der Waals surface area contributed by atoms with Crippen molar-refractivity contribution in [3.8, 4) is 0 Å². The second-order valence-corrected chi connectivity index (χ2v) is 10.7. The van der Waals surface area contributed by atoms with Gasteiger partial charge in [-0.15, -0.1) is 0 Å². The Kier molecular flexibility index (Phi) is 10.3.